The summed E-state index contributed by atoms with van der Waals surface area (Å²) >= 11 is 0. The molecular weight excluding hydrogens is 220 g/mol. The number of ether oxygens (including phenoxy) is 2. The fourth-order valence-corrected chi connectivity index (χ4v) is 2.01. The first-order chi connectivity index (χ1) is 6.97. The summed E-state index contributed by atoms with van der Waals surface area (Å²) in [4.78, 5) is 11.3. The van der Waals surface area contributed by atoms with Crippen LogP contribution in [-0.4, -0.2) is 45.7 Å². The highest BCUT2D eigenvalue weighted by Gasteiger charge is 2.19. The molecule has 0 aromatic rings. The van der Waals surface area contributed by atoms with Crippen LogP contribution in [0.1, 0.15) is 19.3 Å². The minimum absolute atomic E-state index is 0.00875. The molecule has 0 amide bonds. The zero-order valence-corrected chi connectivity index (χ0v) is 9.59. The van der Waals surface area contributed by atoms with Crippen LogP contribution in [0.3, 0.4) is 0 Å². The average Bonchev–Trinajstić information content (AvgIpc) is 2.54. The highest BCUT2D eigenvalue weighted by Crippen LogP contribution is 2.10. The maximum Gasteiger partial charge on any atom is 0.164 e. The second kappa shape index (κ2) is 5.58. The van der Waals surface area contributed by atoms with Crippen molar-refractivity contribution in [2.75, 3.05) is 25.2 Å². The molecule has 0 N–H and O–H groups in total. The van der Waals surface area contributed by atoms with Crippen LogP contribution < -0.4 is 0 Å². The summed E-state index contributed by atoms with van der Waals surface area (Å²) in [5.74, 6) is 0.0519. The first-order valence-electron chi connectivity index (χ1n) is 4.90. The molecule has 1 saturated heterocycles. The topological polar surface area (TPSA) is 69.7 Å². The number of carbonyl (C=O) groups is 1. The number of sulfone groups is 1. The Morgan fingerprint density at radius 3 is 2.47 bits per heavy atom. The van der Waals surface area contributed by atoms with Crippen molar-refractivity contribution in [1.29, 1.82) is 0 Å². The Bertz CT molecular complexity index is 302. The number of rotatable bonds is 6. The molecule has 0 aromatic carbocycles. The molecule has 0 atom stereocenters. The van der Waals surface area contributed by atoms with E-state index < -0.39 is 16.1 Å². The maximum atomic E-state index is 11.3. The summed E-state index contributed by atoms with van der Waals surface area (Å²) in [6.07, 6.45) is 1.63. The van der Waals surface area contributed by atoms with E-state index in [1.807, 2.05) is 0 Å². The predicted molar refractivity (Wildman–Crippen MR) is 54.3 cm³/mol. The van der Waals surface area contributed by atoms with Gasteiger partial charge in [0.15, 0.2) is 6.29 Å². The number of hydrogen-bond donors (Lipinski definition) is 0. The minimum atomic E-state index is -2.96. The number of carbonyl (C=O) groups excluding carboxylic acids is 1. The second-order valence-electron chi connectivity index (χ2n) is 3.65. The fourth-order valence-electron chi connectivity index (χ4n) is 1.34. The Morgan fingerprint density at radius 1 is 1.33 bits per heavy atom. The van der Waals surface area contributed by atoms with E-state index in [0.717, 1.165) is 0 Å². The normalized spacial score (nSPS) is 18.2. The van der Waals surface area contributed by atoms with Gasteiger partial charge in [-0.25, -0.2) is 8.42 Å². The van der Waals surface area contributed by atoms with Crippen LogP contribution in [0.2, 0.25) is 0 Å². The molecule has 1 aliphatic heterocycles. The molecule has 0 unspecified atom stereocenters. The molecule has 0 radical (unpaired) electrons. The highest BCUT2D eigenvalue weighted by atomic mass is 32.2. The van der Waals surface area contributed by atoms with Crippen molar-refractivity contribution in [3.8, 4) is 0 Å². The van der Waals surface area contributed by atoms with Gasteiger partial charge in [0.05, 0.1) is 25.4 Å². The Balaban J connectivity index is 2.13. The van der Waals surface area contributed by atoms with Crippen molar-refractivity contribution in [3.05, 3.63) is 0 Å². The van der Waals surface area contributed by atoms with Crippen molar-refractivity contribution in [2.24, 2.45) is 0 Å². The molecule has 5 nitrogen and oxygen atoms in total. The lowest BCUT2D eigenvalue weighted by atomic mass is 10.2. The van der Waals surface area contributed by atoms with E-state index in [0.29, 0.717) is 19.6 Å². The van der Waals surface area contributed by atoms with E-state index in [1.54, 1.807) is 0 Å². The quantitative estimate of drug-likeness (QED) is 0.656. The first kappa shape index (κ1) is 12.6. The van der Waals surface area contributed by atoms with E-state index in [1.165, 1.54) is 6.26 Å². The zero-order chi connectivity index (χ0) is 11.3. The molecule has 0 saturated carbocycles. The van der Waals surface area contributed by atoms with E-state index in [4.69, 9.17) is 9.47 Å². The molecule has 0 aromatic heterocycles. The molecule has 15 heavy (non-hydrogen) atoms. The van der Waals surface area contributed by atoms with Crippen molar-refractivity contribution < 1.29 is 22.7 Å². The van der Waals surface area contributed by atoms with Gasteiger partial charge in [-0.2, -0.15) is 0 Å². The molecule has 6 heteroatoms. The average molecular weight is 236 g/mol. The first-order valence-corrected chi connectivity index (χ1v) is 6.96. The lowest BCUT2D eigenvalue weighted by Crippen LogP contribution is -2.15. The summed E-state index contributed by atoms with van der Waals surface area (Å²) in [7, 11) is -2.96. The van der Waals surface area contributed by atoms with Gasteiger partial charge in [-0.15, -0.1) is 0 Å². The Labute approximate surface area is 89.7 Å². The molecule has 1 heterocycles. The summed E-state index contributed by atoms with van der Waals surface area (Å²) in [6, 6.07) is 0. The van der Waals surface area contributed by atoms with Crippen LogP contribution in [0.15, 0.2) is 0 Å². The standard InChI is InChI=1S/C9H16O5S/c1-15(11,12)6-2-3-8(10)7-9-13-4-5-14-9/h9H,2-7H2,1H3. The van der Waals surface area contributed by atoms with E-state index in [-0.39, 0.29) is 24.4 Å². The molecule has 0 bridgehead atoms. The summed E-state index contributed by atoms with van der Waals surface area (Å²) in [5, 5.41) is 0. The minimum Gasteiger partial charge on any atom is -0.350 e. The van der Waals surface area contributed by atoms with Gasteiger partial charge in [0.1, 0.15) is 15.6 Å². The van der Waals surface area contributed by atoms with Crippen LogP contribution >= 0.6 is 0 Å². The van der Waals surface area contributed by atoms with Gasteiger partial charge < -0.3 is 9.47 Å². The fraction of sp³-hybridized carbons (Fsp3) is 0.889. The monoisotopic (exact) mass is 236 g/mol. The third-order valence-corrected chi connectivity index (χ3v) is 3.09. The lowest BCUT2D eigenvalue weighted by molar-refractivity contribution is -0.127. The molecule has 1 fully saturated rings. The summed E-state index contributed by atoms with van der Waals surface area (Å²) in [6.45, 7) is 1.06. The maximum absolute atomic E-state index is 11.3. The van der Waals surface area contributed by atoms with Gasteiger partial charge in [-0.1, -0.05) is 0 Å². The van der Waals surface area contributed by atoms with Crippen LogP contribution in [-0.2, 0) is 24.1 Å². The second-order valence-corrected chi connectivity index (χ2v) is 5.91. The smallest absolute Gasteiger partial charge is 0.164 e. The van der Waals surface area contributed by atoms with E-state index >= 15 is 0 Å². The molecular formula is C9H16O5S. The molecule has 1 aliphatic rings. The molecule has 0 spiro atoms. The third-order valence-electron chi connectivity index (χ3n) is 2.06. The molecule has 0 aliphatic carbocycles. The largest absolute Gasteiger partial charge is 0.350 e. The van der Waals surface area contributed by atoms with Gasteiger partial charge >= 0.3 is 0 Å². The number of ketones is 1. The van der Waals surface area contributed by atoms with Gasteiger partial charge in [0.2, 0.25) is 0 Å². The summed E-state index contributed by atoms with van der Waals surface area (Å²) < 4.78 is 31.8. The zero-order valence-electron chi connectivity index (χ0n) is 8.77. The molecule has 88 valence electrons. The Hall–Kier alpha value is -0.460. The SMILES string of the molecule is CS(=O)(=O)CCCC(=O)CC1OCCO1. The summed E-state index contributed by atoms with van der Waals surface area (Å²) in [5.41, 5.74) is 0. The van der Waals surface area contributed by atoms with Gasteiger partial charge in [-0.05, 0) is 6.42 Å². The van der Waals surface area contributed by atoms with E-state index in [2.05, 4.69) is 0 Å². The van der Waals surface area contributed by atoms with Gasteiger partial charge in [0, 0.05) is 12.7 Å². The van der Waals surface area contributed by atoms with Crippen LogP contribution in [0.5, 0.6) is 0 Å². The predicted octanol–water partition coefficient (Wildman–Crippen LogP) is 0.143. The Kier molecular flexibility index (Phi) is 4.69. The molecule has 1 rings (SSSR count). The Morgan fingerprint density at radius 2 is 1.93 bits per heavy atom. The van der Waals surface area contributed by atoms with E-state index in [9.17, 15) is 13.2 Å². The number of hydrogen-bond acceptors (Lipinski definition) is 5. The highest BCUT2D eigenvalue weighted by molar-refractivity contribution is 7.90. The lowest BCUT2D eigenvalue weighted by Gasteiger charge is -2.07. The van der Waals surface area contributed by atoms with Crippen molar-refractivity contribution in [2.45, 2.75) is 25.6 Å². The van der Waals surface area contributed by atoms with Crippen LogP contribution in [0, 0.1) is 0 Å². The van der Waals surface area contributed by atoms with Crippen molar-refractivity contribution >= 4 is 15.6 Å². The van der Waals surface area contributed by atoms with Gasteiger partial charge in [0.25, 0.3) is 0 Å². The van der Waals surface area contributed by atoms with Crippen molar-refractivity contribution in [1.82, 2.24) is 0 Å². The van der Waals surface area contributed by atoms with Gasteiger partial charge in [-0.3, -0.25) is 4.79 Å². The van der Waals surface area contributed by atoms with Crippen LogP contribution in [0.4, 0.5) is 0 Å². The van der Waals surface area contributed by atoms with Crippen molar-refractivity contribution in [3.63, 3.8) is 0 Å². The third kappa shape index (κ3) is 5.86. The van der Waals surface area contributed by atoms with Crippen LogP contribution in [0.25, 0.3) is 0 Å². The number of Topliss-reactive ketones (excluding diaryl/α,β-unsaturated/α-hetero) is 1.